The molecule has 96 valence electrons. The van der Waals surface area contributed by atoms with Crippen molar-refractivity contribution < 1.29 is 8.42 Å². The van der Waals surface area contributed by atoms with E-state index in [1.807, 2.05) is 0 Å². The maximum Gasteiger partial charge on any atom is 0.262 e. The number of aromatic nitrogens is 1. The first kappa shape index (κ1) is 13.0. The van der Waals surface area contributed by atoms with Crippen molar-refractivity contribution in [3.8, 4) is 0 Å². The molecule has 0 saturated heterocycles. The molecule has 0 aliphatic rings. The number of aryl methyl sites for hydroxylation is 1. The van der Waals surface area contributed by atoms with Crippen molar-refractivity contribution in [2.45, 2.75) is 18.4 Å². The maximum absolute atomic E-state index is 12.1. The molecule has 0 unspecified atom stereocenters. The van der Waals surface area contributed by atoms with Gasteiger partial charge in [-0.3, -0.25) is 9.71 Å². The summed E-state index contributed by atoms with van der Waals surface area (Å²) in [5, 5.41) is 1.58. The molecule has 2 aromatic heterocycles. The van der Waals surface area contributed by atoms with E-state index in [1.165, 1.54) is 11.3 Å². The largest absolute Gasteiger partial charge is 0.326 e. The van der Waals surface area contributed by atoms with Crippen LogP contribution in [0.5, 0.6) is 0 Å². The fourth-order valence-electron chi connectivity index (χ4n) is 1.40. The van der Waals surface area contributed by atoms with Crippen molar-refractivity contribution >= 4 is 27.0 Å². The molecule has 2 heterocycles. The number of hydrogen-bond acceptors (Lipinski definition) is 5. The van der Waals surface area contributed by atoms with Gasteiger partial charge in [0.25, 0.3) is 10.0 Å². The van der Waals surface area contributed by atoms with Crippen molar-refractivity contribution in [1.29, 1.82) is 0 Å². The van der Waals surface area contributed by atoms with Crippen LogP contribution in [0.3, 0.4) is 0 Å². The SMILES string of the molecule is Cc1cnccc1NS(=O)(=O)c1csc(CN)c1. The van der Waals surface area contributed by atoms with Crippen LogP contribution in [0.4, 0.5) is 5.69 Å². The Morgan fingerprint density at radius 1 is 1.50 bits per heavy atom. The van der Waals surface area contributed by atoms with E-state index >= 15 is 0 Å². The van der Waals surface area contributed by atoms with Gasteiger partial charge in [0.15, 0.2) is 0 Å². The molecular formula is C11H13N3O2S2. The summed E-state index contributed by atoms with van der Waals surface area (Å²) in [5.41, 5.74) is 6.78. The van der Waals surface area contributed by atoms with Crippen molar-refractivity contribution in [3.05, 3.63) is 40.3 Å². The lowest BCUT2D eigenvalue weighted by atomic mass is 10.3. The second-order valence-corrected chi connectivity index (χ2v) is 6.43. The monoisotopic (exact) mass is 283 g/mol. The summed E-state index contributed by atoms with van der Waals surface area (Å²) in [4.78, 5) is 4.99. The summed E-state index contributed by atoms with van der Waals surface area (Å²) < 4.78 is 26.8. The molecule has 0 aromatic carbocycles. The van der Waals surface area contributed by atoms with Gasteiger partial charge in [0.1, 0.15) is 0 Å². The van der Waals surface area contributed by atoms with Crippen molar-refractivity contribution in [1.82, 2.24) is 4.98 Å². The summed E-state index contributed by atoms with van der Waals surface area (Å²) in [6.07, 6.45) is 3.15. The second-order valence-electron chi connectivity index (χ2n) is 3.75. The first-order valence-corrected chi connectivity index (χ1v) is 7.60. The third kappa shape index (κ3) is 2.69. The molecule has 7 heteroatoms. The Labute approximate surface area is 110 Å². The van der Waals surface area contributed by atoms with E-state index in [-0.39, 0.29) is 4.90 Å². The minimum Gasteiger partial charge on any atom is -0.326 e. The standard InChI is InChI=1S/C11H13N3O2S2/c1-8-6-13-3-2-11(8)14-18(15,16)10-4-9(5-12)17-7-10/h2-4,6-7H,5,12H2,1H3,(H,13,14). The van der Waals surface area contributed by atoms with Crippen LogP contribution in [0, 0.1) is 6.92 Å². The highest BCUT2D eigenvalue weighted by Gasteiger charge is 2.16. The molecule has 0 bridgehead atoms. The molecule has 5 nitrogen and oxygen atoms in total. The average Bonchev–Trinajstić information content (AvgIpc) is 2.81. The molecule has 0 saturated carbocycles. The summed E-state index contributed by atoms with van der Waals surface area (Å²) >= 11 is 1.33. The molecule has 18 heavy (non-hydrogen) atoms. The third-order valence-electron chi connectivity index (χ3n) is 2.41. The van der Waals surface area contributed by atoms with Gasteiger partial charge in [0.2, 0.25) is 0 Å². The van der Waals surface area contributed by atoms with Gasteiger partial charge >= 0.3 is 0 Å². The molecule has 0 fully saturated rings. The summed E-state index contributed by atoms with van der Waals surface area (Å²) in [5.74, 6) is 0. The number of rotatable bonds is 4. The van der Waals surface area contributed by atoms with Gasteiger partial charge in [-0.25, -0.2) is 8.42 Å². The molecule has 0 radical (unpaired) electrons. The zero-order valence-electron chi connectivity index (χ0n) is 9.75. The zero-order chi connectivity index (χ0) is 13.2. The van der Waals surface area contributed by atoms with Crippen molar-refractivity contribution in [2.75, 3.05) is 4.72 Å². The van der Waals surface area contributed by atoms with Crippen molar-refractivity contribution in [2.24, 2.45) is 5.73 Å². The normalized spacial score (nSPS) is 11.4. The molecule has 0 amide bonds. The second kappa shape index (κ2) is 5.05. The van der Waals surface area contributed by atoms with Gasteiger partial charge in [-0.1, -0.05) is 0 Å². The van der Waals surface area contributed by atoms with E-state index in [0.717, 1.165) is 10.4 Å². The van der Waals surface area contributed by atoms with E-state index in [4.69, 9.17) is 5.73 Å². The Bertz CT molecular complexity index is 650. The Kier molecular flexibility index (Phi) is 3.65. The number of nitrogens with zero attached hydrogens (tertiary/aromatic N) is 1. The maximum atomic E-state index is 12.1. The number of sulfonamides is 1. The van der Waals surface area contributed by atoms with Crippen molar-refractivity contribution in [3.63, 3.8) is 0 Å². The summed E-state index contributed by atoms with van der Waals surface area (Å²) in [6, 6.07) is 3.21. The highest BCUT2D eigenvalue weighted by atomic mass is 32.2. The smallest absolute Gasteiger partial charge is 0.262 e. The van der Waals surface area contributed by atoms with Crippen LogP contribution in [0.1, 0.15) is 10.4 Å². The first-order valence-electron chi connectivity index (χ1n) is 5.24. The topological polar surface area (TPSA) is 85.1 Å². The zero-order valence-corrected chi connectivity index (χ0v) is 11.4. The molecule has 2 aromatic rings. The number of thiophene rings is 1. The van der Waals surface area contributed by atoms with Crippen LogP contribution >= 0.6 is 11.3 Å². The first-order chi connectivity index (χ1) is 8.53. The van der Waals surface area contributed by atoms with Crippen LogP contribution in [-0.2, 0) is 16.6 Å². The van der Waals surface area contributed by atoms with Gasteiger partial charge in [-0.15, -0.1) is 11.3 Å². The minimum absolute atomic E-state index is 0.240. The van der Waals surface area contributed by atoms with Gasteiger partial charge in [-0.2, -0.15) is 0 Å². The molecule has 2 rings (SSSR count). The summed E-state index contributed by atoms with van der Waals surface area (Å²) in [6.45, 7) is 2.14. The minimum atomic E-state index is -3.55. The Morgan fingerprint density at radius 3 is 2.89 bits per heavy atom. The average molecular weight is 283 g/mol. The lowest BCUT2D eigenvalue weighted by Crippen LogP contribution is -2.13. The van der Waals surface area contributed by atoms with E-state index in [9.17, 15) is 8.42 Å². The molecular weight excluding hydrogens is 270 g/mol. The van der Waals surface area contributed by atoms with Crippen LogP contribution in [0.2, 0.25) is 0 Å². The predicted molar refractivity (Wildman–Crippen MR) is 72.0 cm³/mol. The molecule has 3 N–H and O–H groups in total. The molecule has 0 spiro atoms. The van der Waals surface area contributed by atoms with Crippen LogP contribution in [0.15, 0.2) is 34.8 Å². The third-order valence-corrected chi connectivity index (χ3v) is 4.86. The van der Waals surface area contributed by atoms with Gasteiger partial charge < -0.3 is 5.73 Å². The van der Waals surface area contributed by atoms with E-state index in [0.29, 0.717) is 12.2 Å². The van der Waals surface area contributed by atoms with Crippen LogP contribution < -0.4 is 10.5 Å². The molecule has 0 aliphatic heterocycles. The number of anilines is 1. The number of nitrogens with one attached hydrogen (secondary N) is 1. The highest BCUT2D eigenvalue weighted by molar-refractivity contribution is 7.92. The number of nitrogens with two attached hydrogens (primary N) is 1. The number of pyridine rings is 1. The Balaban J connectivity index is 2.30. The lowest BCUT2D eigenvalue weighted by Gasteiger charge is -2.08. The van der Waals surface area contributed by atoms with E-state index < -0.39 is 10.0 Å². The van der Waals surface area contributed by atoms with Gasteiger partial charge in [-0.05, 0) is 24.6 Å². The van der Waals surface area contributed by atoms with Gasteiger partial charge in [0.05, 0.1) is 10.6 Å². The lowest BCUT2D eigenvalue weighted by molar-refractivity contribution is 0.601. The highest BCUT2D eigenvalue weighted by Crippen LogP contribution is 2.22. The Morgan fingerprint density at radius 2 is 2.28 bits per heavy atom. The quantitative estimate of drug-likeness (QED) is 0.894. The molecule has 0 atom stereocenters. The fraction of sp³-hybridized carbons (Fsp3) is 0.182. The van der Waals surface area contributed by atoms with Crippen LogP contribution in [0.25, 0.3) is 0 Å². The fourth-order valence-corrected chi connectivity index (χ4v) is 3.69. The van der Waals surface area contributed by atoms with Crippen LogP contribution in [-0.4, -0.2) is 13.4 Å². The Hall–Kier alpha value is -1.44. The van der Waals surface area contributed by atoms with Gasteiger partial charge in [0, 0.05) is 29.2 Å². The number of hydrogen-bond donors (Lipinski definition) is 2. The van der Waals surface area contributed by atoms with E-state index in [2.05, 4.69) is 9.71 Å². The molecule has 0 aliphatic carbocycles. The predicted octanol–water partition coefficient (Wildman–Crippen LogP) is 1.71. The summed E-state index contributed by atoms with van der Waals surface area (Å²) in [7, 11) is -3.55. The van der Waals surface area contributed by atoms with E-state index in [1.54, 1.807) is 36.8 Å².